The summed E-state index contributed by atoms with van der Waals surface area (Å²) in [4.78, 5) is 10.6. The van der Waals surface area contributed by atoms with E-state index in [1.165, 1.54) is 11.8 Å². The molecule has 0 aromatic heterocycles. The monoisotopic (exact) mass is 289 g/mol. The fourth-order valence-corrected chi connectivity index (χ4v) is 2.14. The van der Waals surface area contributed by atoms with Gasteiger partial charge in [-0.05, 0) is 24.3 Å². The van der Waals surface area contributed by atoms with Crippen LogP contribution in [0.15, 0.2) is 24.3 Å². The molecule has 0 fully saturated rings. The lowest BCUT2D eigenvalue weighted by molar-refractivity contribution is -0.140. The molecule has 2 N–H and O–H groups in total. The summed E-state index contributed by atoms with van der Waals surface area (Å²) < 4.78 is 0.556. The first-order valence-corrected chi connectivity index (χ1v) is 6.68. The molecule has 1 unspecified atom stereocenters. The normalized spacial score (nSPS) is 11.9. The minimum atomic E-state index is -0.813. The molecule has 1 atom stereocenters. The van der Waals surface area contributed by atoms with E-state index >= 15 is 0 Å². The molecule has 0 bridgehead atoms. The number of aliphatic carboxylic acids is 1. The Morgan fingerprint density at radius 2 is 2.12 bits per heavy atom. The van der Waals surface area contributed by atoms with Crippen LogP contribution in [0.2, 0.25) is 5.02 Å². The maximum absolute atomic E-state index is 10.6. The van der Waals surface area contributed by atoms with E-state index in [0.717, 1.165) is 5.69 Å². The SMILES string of the molecule is CC(CSC(=S)Nc1ccc(Cl)cc1)C(=O)O. The second-order valence-electron chi connectivity index (χ2n) is 3.47. The molecule has 6 heteroatoms. The Hall–Kier alpha value is -0.780. The fraction of sp³-hybridized carbons (Fsp3) is 0.273. The van der Waals surface area contributed by atoms with Crippen LogP contribution in [0.1, 0.15) is 6.92 Å². The third-order valence-electron chi connectivity index (χ3n) is 1.98. The molecule has 0 aliphatic rings. The van der Waals surface area contributed by atoms with Crippen LogP contribution in [0, 0.1) is 5.92 Å². The van der Waals surface area contributed by atoms with Crippen LogP contribution in [0.4, 0.5) is 5.69 Å². The quantitative estimate of drug-likeness (QED) is 0.831. The third kappa shape index (κ3) is 5.39. The molecular weight excluding hydrogens is 278 g/mol. The van der Waals surface area contributed by atoms with Crippen molar-refractivity contribution in [2.45, 2.75) is 6.92 Å². The van der Waals surface area contributed by atoms with Gasteiger partial charge in [0.05, 0.1) is 5.92 Å². The summed E-state index contributed by atoms with van der Waals surface area (Å²) in [6.07, 6.45) is 0. The number of nitrogens with one attached hydrogen (secondary N) is 1. The van der Waals surface area contributed by atoms with Crippen LogP contribution in [0.5, 0.6) is 0 Å². The Morgan fingerprint density at radius 3 is 2.65 bits per heavy atom. The number of thioether (sulfide) groups is 1. The lowest BCUT2D eigenvalue weighted by atomic mass is 10.2. The molecule has 1 rings (SSSR count). The first kappa shape index (κ1) is 14.3. The van der Waals surface area contributed by atoms with Gasteiger partial charge in [0.2, 0.25) is 0 Å². The number of halogens is 1. The van der Waals surface area contributed by atoms with Crippen molar-refractivity contribution in [1.82, 2.24) is 0 Å². The Bertz CT molecular complexity index is 408. The summed E-state index contributed by atoms with van der Waals surface area (Å²) in [7, 11) is 0. The molecule has 1 aromatic rings. The highest BCUT2D eigenvalue weighted by molar-refractivity contribution is 8.23. The number of anilines is 1. The van der Waals surface area contributed by atoms with Gasteiger partial charge in [-0.3, -0.25) is 4.79 Å². The zero-order valence-corrected chi connectivity index (χ0v) is 11.5. The lowest BCUT2D eigenvalue weighted by Crippen LogP contribution is -2.14. The summed E-state index contributed by atoms with van der Waals surface area (Å²) in [6, 6.07) is 7.15. The number of carboxylic acids is 1. The molecule has 17 heavy (non-hydrogen) atoms. The minimum Gasteiger partial charge on any atom is -0.481 e. The molecule has 0 aliphatic carbocycles. The maximum atomic E-state index is 10.6. The molecular formula is C11H12ClNO2S2. The molecule has 0 saturated heterocycles. The van der Waals surface area contributed by atoms with E-state index < -0.39 is 11.9 Å². The predicted molar refractivity (Wildman–Crippen MR) is 76.9 cm³/mol. The van der Waals surface area contributed by atoms with Crippen LogP contribution in [0.3, 0.4) is 0 Å². The van der Waals surface area contributed by atoms with Crippen molar-refractivity contribution < 1.29 is 9.90 Å². The topological polar surface area (TPSA) is 49.3 Å². The summed E-state index contributed by atoms with van der Waals surface area (Å²) in [6.45, 7) is 1.65. The second kappa shape index (κ2) is 6.83. The first-order chi connectivity index (χ1) is 7.99. The number of rotatable bonds is 4. The molecule has 0 heterocycles. The van der Waals surface area contributed by atoms with E-state index in [2.05, 4.69) is 5.32 Å². The molecule has 0 spiro atoms. The van der Waals surface area contributed by atoms with Gasteiger partial charge < -0.3 is 10.4 Å². The molecule has 92 valence electrons. The van der Waals surface area contributed by atoms with Gasteiger partial charge in [0, 0.05) is 16.5 Å². The molecule has 0 saturated carbocycles. The van der Waals surface area contributed by atoms with Gasteiger partial charge in [0.25, 0.3) is 0 Å². The summed E-state index contributed by atoms with van der Waals surface area (Å²) in [5, 5.41) is 12.4. The number of hydrogen-bond donors (Lipinski definition) is 2. The van der Waals surface area contributed by atoms with Crippen molar-refractivity contribution in [3.8, 4) is 0 Å². The van der Waals surface area contributed by atoms with Gasteiger partial charge in [0.15, 0.2) is 0 Å². The van der Waals surface area contributed by atoms with Crippen LogP contribution in [-0.4, -0.2) is 21.1 Å². The number of thiocarbonyl (C=S) groups is 1. The van der Waals surface area contributed by atoms with E-state index in [1.54, 1.807) is 19.1 Å². The fourth-order valence-electron chi connectivity index (χ4n) is 0.959. The average molecular weight is 290 g/mol. The highest BCUT2D eigenvalue weighted by Crippen LogP contribution is 2.17. The van der Waals surface area contributed by atoms with E-state index in [1.807, 2.05) is 12.1 Å². The molecule has 1 aromatic carbocycles. The van der Waals surface area contributed by atoms with Crippen molar-refractivity contribution in [2.75, 3.05) is 11.1 Å². The lowest BCUT2D eigenvalue weighted by Gasteiger charge is -2.09. The van der Waals surface area contributed by atoms with Crippen LogP contribution >= 0.6 is 35.6 Å². The number of benzene rings is 1. The van der Waals surface area contributed by atoms with Gasteiger partial charge in [-0.2, -0.15) is 0 Å². The van der Waals surface area contributed by atoms with E-state index in [0.29, 0.717) is 15.1 Å². The van der Waals surface area contributed by atoms with Crippen molar-refractivity contribution >= 4 is 51.6 Å². The van der Waals surface area contributed by atoms with Crippen molar-refractivity contribution in [3.05, 3.63) is 29.3 Å². The Kier molecular flexibility index (Phi) is 5.74. The van der Waals surface area contributed by atoms with Crippen molar-refractivity contribution in [1.29, 1.82) is 0 Å². The number of hydrogen-bond acceptors (Lipinski definition) is 3. The summed E-state index contributed by atoms with van der Waals surface area (Å²) >= 11 is 12.2. The molecule has 0 amide bonds. The summed E-state index contributed by atoms with van der Waals surface area (Å²) in [5.74, 6) is -0.772. The first-order valence-electron chi connectivity index (χ1n) is 4.91. The van der Waals surface area contributed by atoms with Gasteiger partial charge in [-0.25, -0.2) is 0 Å². The second-order valence-corrected chi connectivity index (χ2v) is 5.60. The Morgan fingerprint density at radius 1 is 1.53 bits per heavy atom. The molecule has 0 aliphatic heterocycles. The Balaban J connectivity index is 2.39. The van der Waals surface area contributed by atoms with E-state index in [-0.39, 0.29) is 0 Å². The van der Waals surface area contributed by atoms with Gasteiger partial charge in [-0.15, -0.1) is 0 Å². The molecule has 0 radical (unpaired) electrons. The highest BCUT2D eigenvalue weighted by Gasteiger charge is 2.11. The average Bonchev–Trinajstić information content (AvgIpc) is 2.29. The van der Waals surface area contributed by atoms with Crippen LogP contribution in [-0.2, 0) is 4.79 Å². The Labute approximate surface area is 115 Å². The maximum Gasteiger partial charge on any atom is 0.307 e. The van der Waals surface area contributed by atoms with Gasteiger partial charge in [0.1, 0.15) is 4.32 Å². The third-order valence-corrected chi connectivity index (χ3v) is 3.72. The van der Waals surface area contributed by atoms with Crippen molar-refractivity contribution in [2.24, 2.45) is 5.92 Å². The highest BCUT2D eigenvalue weighted by atomic mass is 35.5. The van der Waals surface area contributed by atoms with Gasteiger partial charge >= 0.3 is 5.97 Å². The van der Waals surface area contributed by atoms with Crippen LogP contribution < -0.4 is 5.32 Å². The van der Waals surface area contributed by atoms with E-state index in [9.17, 15) is 4.79 Å². The van der Waals surface area contributed by atoms with Gasteiger partial charge in [-0.1, -0.05) is 42.5 Å². The summed E-state index contributed by atoms with van der Waals surface area (Å²) in [5.41, 5.74) is 0.842. The number of carbonyl (C=O) groups is 1. The largest absolute Gasteiger partial charge is 0.481 e. The van der Waals surface area contributed by atoms with Crippen molar-refractivity contribution in [3.63, 3.8) is 0 Å². The van der Waals surface area contributed by atoms with Crippen LogP contribution in [0.25, 0.3) is 0 Å². The standard InChI is InChI=1S/C11H12ClNO2S2/c1-7(10(14)15)6-17-11(16)13-9-4-2-8(12)3-5-9/h2-5,7H,6H2,1H3,(H,13,16)(H,14,15). The zero-order chi connectivity index (χ0) is 12.8. The minimum absolute atomic E-state index is 0.412. The zero-order valence-electron chi connectivity index (χ0n) is 9.14. The number of carboxylic acid groups (broad SMARTS) is 1. The predicted octanol–water partition coefficient (Wildman–Crippen LogP) is 3.49. The smallest absolute Gasteiger partial charge is 0.307 e. The van der Waals surface area contributed by atoms with E-state index in [4.69, 9.17) is 28.9 Å². The molecule has 3 nitrogen and oxygen atoms in total.